The summed E-state index contributed by atoms with van der Waals surface area (Å²) in [4.78, 5) is 12.0. The summed E-state index contributed by atoms with van der Waals surface area (Å²) < 4.78 is 0. The number of thiophene rings is 1. The molecule has 0 bridgehead atoms. The lowest BCUT2D eigenvalue weighted by Crippen LogP contribution is -2.33. The molecule has 1 aromatic heterocycles. The average Bonchev–Trinajstić information content (AvgIpc) is 2.73. The summed E-state index contributed by atoms with van der Waals surface area (Å²) in [6.07, 6.45) is 0. The van der Waals surface area contributed by atoms with Crippen LogP contribution in [0.2, 0.25) is 0 Å². The number of primary amides is 1. The van der Waals surface area contributed by atoms with Gasteiger partial charge in [-0.2, -0.15) is 0 Å². The van der Waals surface area contributed by atoms with E-state index in [4.69, 9.17) is 10.8 Å². The van der Waals surface area contributed by atoms with E-state index in [1.54, 1.807) is 11.4 Å². The van der Waals surface area contributed by atoms with Gasteiger partial charge in [0.1, 0.15) is 0 Å². The third-order valence-electron chi connectivity index (χ3n) is 2.68. The molecule has 1 heterocycles. The van der Waals surface area contributed by atoms with Crippen LogP contribution in [0.4, 0.5) is 0 Å². The lowest BCUT2D eigenvalue weighted by molar-refractivity contribution is 0.100. The summed E-state index contributed by atoms with van der Waals surface area (Å²) in [5.74, 6) is -0.171. The van der Waals surface area contributed by atoms with Crippen LogP contribution in [0.5, 0.6) is 0 Å². The first-order valence-corrected chi connectivity index (χ1v) is 6.14. The fraction of sp³-hybridized carbons (Fsp3) is 0.545. The Morgan fingerprint density at radius 1 is 1.62 bits per heavy atom. The van der Waals surface area contributed by atoms with Crippen molar-refractivity contribution in [3.05, 3.63) is 21.9 Å². The molecule has 0 spiro atoms. The van der Waals surface area contributed by atoms with Crippen molar-refractivity contribution in [2.75, 3.05) is 6.61 Å². The quantitative estimate of drug-likeness (QED) is 0.695. The van der Waals surface area contributed by atoms with Gasteiger partial charge in [-0.3, -0.25) is 4.79 Å². The molecular formula is C11H18N2O2S. The molecule has 0 aliphatic carbocycles. The summed E-state index contributed by atoms with van der Waals surface area (Å²) in [5.41, 5.74) is 5.73. The number of carbonyl (C=O) groups is 1. The van der Waals surface area contributed by atoms with E-state index in [2.05, 4.69) is 5.32 Å². The molecule has 0 aliphatic rings. The van der Waals surface area contributed by atoms with Gasteiger partial charge < -0.3 is 16.2 Å². The Hall–Kier alpha value is -0.910. The molecule has 2 atom stereocenters. The zero-order chi connectivity index (χ0) is 12.1. The molecule has 1 amide bonds. The van der Waals surface area contributed by atoms with Gasteiger partial charge in [0.05, 0.1) is 5.56 Å². The van der Waals surface area contributed by atoms with Crippen molar-refractivity contribution in [3.8, 4) is 0 Å². The number of rotatable bonds is 6. The van der Waals surface area contributed by atoms with E-state index in [1.807, 2.05) is 13.8 Å². The lowest BCUT2D eigenvalue weighted by Gasteiger charge is -2.18. The highest BCUT2D eigenvalue weighted by Crippen LogP contribution is 2.14. The molecule has 0 radical (unpaired) electrons. The SMILES string of the molecule is CC(CO)C(C)NCc1cc(C(N)=O)cs1. The van der Waals surface area contributed by atoms with Crippen LogP contribution in [0.3, 0.4) is 0 Å². The standard InChI is InChI=1S/C11H18N2O2S/c1-7(5-14)8(2)13-4-10-3-9(6-16-10)11(12)15/h3,6-8,13-14H,4-5H2,1-2H3,(H2,12,15). The van der Waals surface area contributed by atoms with Gasteiger partial charge in [0.25, 0.3) is 0 Å². The lowest BCUT2D eigenvalue weighted by atomic mass is 10.1. The van der Waals surface area contributed by atoms with Gasteiger partial charge in [0.15, 0.2) is 0 Å². The second kappa shape index (κ2) is 5.98. The molecule has 4 N–H and O–H groups in total. The Labute approximate surface area is 99.5 Å². The predicted octanol–water partition coefficient (Wildman–Crippen LogP) is 0.953. The first-order chi connectivity index (χ1) is 7.54. The molecule has 5 heteroatoms. The van der Waals surface area contributed by atoms with E-state index in [-0.39, 0.29) is 24.5 Å². The van der Waals surface area contributed by atoms with Crippen LogP contribution in [0.25, 0.3) is 0 Å². The third kappa shape index (κ3) is 3.59. The van der Waals surface area contributed by atoms with Crippen molar-refractivity contribution in [3.63, 3.8) is 0 Å². The molecule has 90 valence electrons. The van der Waals surface area contributed by atoms with E-state index >= 15 is 0 Å². The Balaban J connectivity index is 2.45. The molecule has 0 saturated heterocycles. The van der Waals surface area contributed by atoms with Gasteiger partial charge in [0, 0.05) is 29.5 Å². The van der Waals surface area contributed by atoms with Crippen LogP contribution < -0.4 is 11.1 Å². The van der Waals surface area contributed by atoms with Gasteiger partial charge in [-0.15, -0.1) is 11.3 Å². The van der Waals surface area contributed by atoms with Crippen molar-refractivity contribution >= 4 is 17.2 Å². The van der Waals surface area contributed by atoms with Crippen molar-refractivity contribution in [2.24, 2.45) is 11.7 Å². The Bertz CT molecular complexity index is 352. The molecule has 0 aromatic carbocycles. The highest BCUT2D eigenvalue weighted by molar-refractivity contribution is 7.10. The van der Waals surface area contributed by atoms with E-state index in [9.17, 15) is 4.79 Å². The van der Waals surface area contributed by atoms with E-state index < -0.39 is 0 Å². The smallest absolute Gasteiger partial charge is 0.249 e. The molecule has 1 rings (SSSR count). The monoisotopic (exact) mass is 242 g/mol. The Morgan fingerprint density at radius 3 is 2.81 bits per heavy atom. The first-order valence-electron chi connectivity index (χ1n) is 5.26. The second-order valence-electron chi connectivity index (χ2n) is 4.00. The molecule has 16 heavy (non-hydrogen) atoms. The van der Waals surface area contributed by atoms with Crippen LogP contribution >= 0.6 is 11.3 Å². The number of aliphatic hydroxyl groups is 1. The number of hydrogen-bond donors (Lipinski definition) is 3. The minimum atomic E-state index is -0.390. The van der Waals surface area contributed by atoms with Crippen molar-refractivity contribution in [1.82, 2.24) is 5.32 Å². The fourth-order valence-electron chi connectivity index (χ4n) is 1.22. The summed E-state index contributed by atoms with van der Waals surface area (Å²) in [7, 11) is 0. The maximum absolute atomic E-state index is 10.9. The van der Waals surface area contributed by atoms with Crippen LogP contribution in [0.15, 0.2) is 11.4 Å². The molecule has 2 unspecified atom stereocenters. The molecule has 1 aromatic rings. The third-order valence-corrected chi connectivity index (χ3v) is 3.61. The summed E-state index contributed by atoms with van der Waals surface area (Å²) in [6.45, 7) is 4.89. The molecular weight excluding hydrogens is 224 g/mol. The van der Waals surface area contributed by atoms with Crippen LogP contribution in [0.1, 0.15) is 29.1 Å². The van der Waals surface area contributed by atoms with Crippen LogP contribution in [-0.2, 0) is 6.54 Å². The second-order valence-corrected chi connectivity index (χ2v) is 4.99. The van der Waals surface area contributed by atoms with Crippen LogP contribution in [0, 0.1) is 5.92 Å². The van der Waals surface area contributed by atoms with E-state index in [0.717, 1.165) is 4.88 Å². The van der Waals surface area contributed by atoms with Gasteiger partial charge >= 0.3 is 0 Å². The Kier molecular flexibility index (Phi) is 4.92. The minimum absolute atomic E-state index is 0.172. The van der Waals surface area contributed by atoms with Crippen LogP contribution in [-0.4, -0.2) is 23.7 Å². The molecule has 0 fully saturated rings. The number of nitrogens with one attached hydrogen (secondary N) is 1. The van der Waals surface area contributed by atoms with Gasteiger partial charge in [-0.1, -0.05) is 6.92 Å². The van der Waals surface area contributed by atoms with E-state index in [0.29, 0.717) is 12.1 Å². The summed E-state index contributed by atoms with van der Waals surface area (Å²) in [5, 5.41) is 14.0. The zero-order valence-electron chi connectivity index (χ0n) is 9.56. The molecule has 0 saturated carbocycles. The molecule has 4 nitrogen and oxygen atoms in total. The number of nitrogens with two attached hydrogens (primary N) is 1. The van der Waals surface area contributed by atoms with E-state index in [1.165, 1.54) is 11.3 Å². The highest BCUT2D eigenvalue weighted by Gasteiger charge is 2.11. The predicted molar refractivity (Wildman–Crippen MR) is 65.4 cm³/mol. The topological polar surface area (TPSA) is 75.3 Å². The Morgan fingerprint density at radius 2 is 2.31 bits per heavy atom. The largest absolute Gasteiger partial charge is 0.396 e. The first kappa shape index (κ1) is 13.2. The maximum Gasteiger partial charge on any atom is 0.249 e. The number of amides is 1. The van der Waals surface area contributed by atoms with Gasteiger partial charge in [-0.05, 0) is 18.9 Å². The van der Waals surface area contributed by atoms with Crippen molar-refractivity contribution < 1.29 is 9.90 Å². The highest BCUT2D eigenvalue weighted by atomic mass is 32.1. The number of carbonyl (C=O) groups excluding carboxylic acids is 1. The summed E-state index contributed by atoms with van der Waals surface area (Å²) >= 11 is 1.51. The minimum Gasteiger partial charge on any atom is -0.396 e. The fourth-order valence-corrected chi connectivity index (χ4v) is 2.05. The zero-order valence-corrected chi connectivity index (χ0v) is 10.4. The maximum atomic E-state index is 10.9. The average molecular weight is 242 g/mol. The molecule has 0 aliphatic heterocycles. The summed E-state index contributed by atoms with van der Waals surface area (Å²) in [6, 6.07) is 2.04. The van der Waals surface area contributed by atoms with Gasteiger partial charge in [-0.25, -0.2) is 0 Å². The van der Waals surface area contributed by atoms with Gasteiger partial charge in [0.2, 0.25) is 5.91 Å². The van der Waals surface area contributed by atoms with Crippen molar-refractivity contribution in [1.29, 1.82) is 0 Å². The number of hydrogen-bond acceptors (Lipinski definition) is 4. The number of aliphatic hydroxyl groups excluding tert-OH is 1. The van der Waals surface area contributed by atoms with Crippen molar-refractivity contribution in [2.45, 2.75) is 26.4 Å². The normalized spacial score (nSPS) is 14.7.